The molecule has 0 aliphatic heterocycles. The van der Waals surface area contributed by atoms with Gasteiger partial charge in [-0.2, -0.15) is 5.10 Å². The fourth-order valence-electron chi connectivity index (χ4n) is 3.80. The van der Waals surface area contributed by atoms with Crippen molar-refractivity contribution in [3.63, 3.8) is 0 Å². The number of rotatable bonds is 6. The molecule has 4 aromatic rings. The fourth-order valence-corrected chi connectivity index (χ4v) is 5.76. The first kappa shape index (κ1) is 22.4. The summed E-state index contributed by atoms with van der Waals surface area (Å²) in [4.78, 5) is 8.64. The van der Waals surface area contributed by atoms with Crippen LogP contribution in [-0.2, 0) is 10.0 Å². The number of hydrogen-bond donors (Lipinski definition) is 1. The maximum absolute atomic E-state index is 14.1. The Morgan fingerprint density at radius 3 is 2.74 bits per heavy atom. The van der Waals surface area contributed by atoms with E-state index >= 15 is 0 Å². The summed E-state index contributed by atoms with van der Waals surface area (Å²) in [6.07, 6.45) is 9.82. The summed E-state index contributed by atoms with van der Waals surface area (Å²) in [6, 6.07) is 3.73. The third-order valence-corrected chi connectivity index (χ3v) is 7.79. The van der Waals surface area contributed by atoms with Crippen LogP contribution < -0.4 is 9.46 Å². The number of halogens is 2. The molecule has 34 heavy (non-hydrogen) atoms. The second kappa shape index (κ2) is 8.76. The average Bonchev–Trinajstić information content (AvgIpc) is 3.40. The summed E-state index contributed by atoms with van der Waals surface area (Å²) in [7, 11) is -3.05. The molecule has 1 aliphatic carbocycles. The molecule has 3 aromatic heterocycles. The van der Waals surface area contributed by atoms with Gasteiger partial charge in [0.1, 0.15) is 27.2 Å². The van der Waals surface area contributed by atoms with Crippen LogP contribution in [-0.4, -0.2) is 35.1 Å². The molecule has 8 nitrogen and oxygen atoms in total. The highest BCUT2D eigenvalue weighted by molar-refractivity contribution is 7.92. The van der Waals surface area contributed by atoms with Gasteiger partial charge in [0.15, 0.2) is 0 Å². The summed E-state index contributed by atoms with van der Waals surface area (Å²) < 4.78 is 62.1. The number of aromatic nitrogens is 4. The summed E-state index contributed by atoms with van der Waals surface area (Å²) in [5.41, 5.74) is 2.66. The van der Waals surface area contributed by atoms with Gasteiger partial charge in [0, 0.05) is 17.8 Å². The predicted octanol–water partition coefficient (Wildman–Crippen LogP) is 4.90. The SMILES string of the molecule is COc1ncc(-c2nn3c(C4=CCCCC4)cnc3s2)cc1NS(=O)(=O)c1ccc(F)cc1F. The minimum absolute atomic E-state index is 0.00761. The van der Waals surface area contributed by atoms with Crippen LogP contribution in [0.4, 0.5) is 14.5 Å². The maximum Gasteiger partial charge on any atom is 0.264 e. The molecule has 0 spiro atoms. The van der Waals surface area contributed by atoms with E-state index in [4.69, 9.17) is 4.74 Å². The van der Waals surface area contributed by atoms with E-state index in [1.54, 1.807) is 4.52 Å². The van der Waals surface area contributed by atoms with Crippen molar-refractivity contribution in [2.45, 2.75) is 30.6 Å². The van der Waals surface area contributed by atoms with Gasteiger partial charge >= 0.3 is 0 Å². The van der Waals surface area contributed by atoms with Gasteiger partial charge in [0.2, 0.25) is 10.8 Å². The molecule has 0 saturated carbocycles. The van der Waals surface area contributed by atoms with Crippen LogP contribution in [0.2, 0.25) is 0 Å². The van der Waals surface area contributed by atoms with Crippen molar-refractivity contribution in [3.8, 4) is 16.5 Å². The lowest BCUT2D eigenvalue weighted by atomic mass is 9.98. The third-order valence-electron chi connectivity index (χ3n) is 5.42. The summed E-state index contributed by atoms with van der Waals surface area (Å²) in [5, 5.41) is 5.24. The van der Waals surface area contributed by atoms with Gasteiger partial charge in [-0.25, -0.2) is 31.7 Å². The molecule has 0 atom stereocenters. The first-order chi connectivity index (χ1) is 16.4. The number of ether oxygens (including phenoxy) is 1. The molecule has 12 heteroatoms. The Morgan fingerprint density at radius 1 is 1.15 bits per heavy atom. The van der Waals surface area contributed by atoms with Crippen molar-refractivity contribution >= 4 is 37.6 Å². The number of sulfonamides is 1. The van der Waals surface area contributed by atoms with E-state index < -0.39 is 26.6 Å². The molecule has 0 amide bonds. The number of nitrogens with one attached hydrogen (secondary N) is 1. The largest absolute Gasteiger partial charge is 0.480 e. The van der Waals surface area contributed by atoms with Crippen LogP contribution in [0.15, 0.2) is 47.6 Å². The van der Waals surface area contributed by atoms with Crippen molar-refractivity contribution in [2.24, 2.45) is 0 Å². The third kappa shape index (κ3) is 4.14. The highest BCUT2D eigenvalue weighted by Gasteiger charge is 2.23. The lowest BCUT2D eigenvalue weighted by Crippen LogP contribution is -2.15. The van der Waals surface area contributed by atoms with Crippen molar-refractivity contribution in [2.75, 3.05) is 11.8 Å². The Kier molecular flexibility index (Phi) is 5.78. The number of pyridine rings is 1. The van der Waals surface area contributed by atoms with Gasteiger partial charge in [0.25, 0.3) is 10.0 Å². The second-order valence-electron chi connectivity index (χ2n) is 7.68. The standard InChI is InChI=1S/C22H19F2N5O3S2/c1-32-20-17(28-34(30,31)19-8-7-15(23)10-16(19)24)9-14(11-25-20)21-27-29-18(12-26-22(29)33-21)13-5-3-2-4-6-13/h5,7-12,28H,2-4,6H2,1H3. The summed E-state index contributed by atoms with van der Waals surface area (Å²) in [6.45, 7) is 0. The lowest BCUT2D eigenvalue weighted by molar-refractivity contribution is 0.400. The number of anilines is 1. The van der Waals surface area contributed by atoms with Crippen LogP contribution in [0.25, 0.3) is 21.1 Å². The van der Waals surface area contributed by atoms with Gasteiger partial charge in [-0.3, -0.25) is 4.72 Å². The predicted molar refractivity (Wildman–Crippen MR) is 124 cm³/mol. The average molecular weight is 504 g/mol. The molecule has 5 rings (SSSR count). The summed E-state index contributed by atoms with van der Waals surface area (Å²) >= 11 is 1.33. The molecule has 0 saturated heterocycles. The van der Waals surface area contributed by atoms with Crippen LogP contribution >= 0.6 is 11.3 Å². The number of methoxy groups -OCH3 is 1. The number of benzene rings is 1. The Morgan fingerprint density at radius 2 is 2.00 bits per heavy atom. The van der Waals surface area contributed by atoms with Crippen molar-refractivity contribution < 1.29 is 21.9 Å². The number of imidazole rings is 1. The minimum Gasteiger partial charge on any atom is -0.480 e. The van der Waals surface area contributed by atoms with E-state index in [-0.39, 0.29) is 11.6 Å². The van der Waals surface area contributed by atoms with Gasteiger partial charge in [-0.15, -0.1) is 0 Å². The van der Waals surface area contributed by atoms with E-state index in [0.29, 0.717) is 21.6 Å². The molecule has 176 valence electrons. The van der Waals surface area contributed by atoms with Crippen molar-refractivity contribution in [1.82, 2.24) is 19.6 Å². The Bertz CT molecular complexity index is 1530. The maximum atomic E-state index is 14.1. The molecule has 0 fully saturated rings. The number of allylic oxidation sites excluding steroid dienone is 2. The number of nitrogens with zero attached hydrogens (tertiary/aromatic N) is 4. The van der Waals surface area contributed by atoms with Crippen LogP contribution in [0.3, 0.4) is 0 Å². The smallest absolute Gasteiger partial charge is 0.264 e. The topological polar surface area (TPSA) is 98.5 Å². The molecule has 0 unspecified atom stereocenters. The minimum atomic E-state index is -4.38. The van der Waals surface area contributed by atoms with Gasteiger partial charge in [0.05, 0.1) is 19.0 Å². The fraction of sp³-hybridized carbons (Fsp3) is 0.227. The first-order valence-corrected chi connectivity index (χ1v) is 12.7. The molecule has 1 aliphatic rings. The first-order valence-electron chi connectivity index (χ1n) is 10.4. The Balaban J connectivity index is 1.51. The second-order valence-corrected chi connectivity index (χ2v) is 10.3. The molecule has 1 N–H and O–H groups in total. The van der Waals surface area contributed by atoms with E-state index in [9.17, 15) is 17.2 Å². The zero-order valence-electron chi connectivity index (χ0n) is 18.0. The van der Waals surface area contributed by atoms with Gasteiger partial charge in [-0.1, -0.05) is 17.4 Å². The van der Waals surface area contributed by atoms with Crippen LogP contribution in [0.1, 0.15) is 31.4 Å². The zero-order valence-corrected chi connectivity index (χ0v) is 19.6. The van der Waals surface area contributed by atoms with E-state index in [0.717, 1.165) is 37.1 Å². The van der Waals surface area contributed by atoms with Gasteiger partial charge < -0.3 is 4.74 Å². The Hall–Kier alpha value is -3.38. The number of hydrogen-bond acceptors (Lipinski definition) is 7. The van der Waals surface area contributed by atoms with Crippen molar-refractivity contribution in [3.05, 3.63) is 60.1 Å². The molecule has 0 radical (unpaired) electrons. The highest BCUT2D eigenvalue weighted by atomic mass is 32.2. The molecular formula is C22H19F2N5O3S2. The van der Waals surface area contributed by atoms with E-state index in [1.165, 1.54) is 42.7 Å². The van der Waals surface area contributed by atoms with Gasteiger partial charge in [-0.05, 0) is 49.5 Å². The normalized spacial score (nSPS) is 14.3. The van der Waals surface area contributed by atoms with E-state index in [2.05, 4.69) is 25.9 Å². The van der Waals surface area contributed by atoms with Crippen molar-refractivity contribution in [1.29, 1.82) is 0 Å². The monoisotopic (exact) mass is 503 g/mol. The molecule has 3 heterocycles. The van der Waals surface area contributed by atoms with Crippen LogP contribution in [0, 0.1) is 11.6 Å². The molecule has 0 bridgehead atoms. The highest BCUT2D eigenvalue weighted by Crippen LogP contribution is 2.34. The van der Waals surface area contributed by atoms with Crippen LogP contribution in [0.5, 0.6) is 5.88 Å². The molecule has 1 aromatic carbocycles. The van der Waals surface area contributed by atoms with E-state index in [1.807, 2.05) is 6.20 Å². The quantitative estimate of drug-likeness (QED) is 0.402. The summed E-state index contributed by atoms with van der Waals surface area (Å²) in [5.74, 6) is -2.10. The number of fused-ring (bicyclic) bond motifs is 1. The zero-order chi connectivity index (χ0) is 23.9. The lowest BCUT2D eigenvalue weighted by Gasteiger charge is -2.12. The molecular weight excluding hydrogens is 484 g/mol. The Labute approximate surface area is 198 Å².